The SMILES string of the molecule is CS(=O)(=O)c1cccc(NC(=O)CSc2nnc(-c3ccco3)o2)c1. The first kappa shape index (κ1) is 17.2. The number of aromatic nitrogens is 2. The van der Waals surface area contributed by atoms with E-state index in [1.165, 1.54) is 18.4 Å². The first-order chi connectivity index (χ1) is 11.9. The molecule has 0 aliphatic rings. The lowest BCUT2D eigenvalue weighted by Crippen LogP contribution is -2.14. The summed E-state index contributed by atoms with van der Waals surface area (Å²) in [4.78, 5) is 12.1. The number of anilines is 1. The quantitative estimate of drug-likeness (QED) is 0.650. The van der Waals surface area contributed by atoms with Crippen molar-refractivity contribution in [2.24, 2.45) is 0 Å². The molecule has 0 saturated heterocycles. The molecule has 0 radical (unpaired) electrons. The number of nitrogens with zero attached hydrogens (tertiary/aromatic N) is 2. The lowest BCUT2D eigenvalue weighted by atomic mass is 10.3. The highest BCUT2D eigenvalue weighted by Crippen LogP contribution is 2.23. The van der Waals surface area contributed by atoms with E-state index in [4.69, 9.17) is 8.83 Å². The minimum atomic E-state index is -3.33. The van der Waals surface area contributed by atoms with Gasteiger partial charge in [0.2, 0.25) is 5.91 Å². The third-order valence-electron chi connectivity index (χ3n) is 3.01. The van der Waals surface area contributed by atoms with E-state index in [0.29, 0.717) is 11.4 Å². The van der Waals surface area contributed by atoms with Crippen molar-refractivity contribution in [1.29, 1.82) is 0 Å². The van der Waals surface area contributed by atoms with Crippen molar-refractivity contribution < 1.29 is 22.0 Å². The average molecular weight is 379 g/mol. The van der Waals surface area contributed by atoms with Crippen LogP contribution in [0.15, 0.2) is 61.6 Å². The molecule has 0 aliphatic carbocycles. The lowest BCUT2D eigenvalue weighted by Gasteiger charge is -2.05. The molecule has 2 aromatic heterocycles. The van der Waals surface area contributed by atoms with Crippen molar-refractivity contribution in [2.75, 3.05) is 17.3 Å². The molecule has 1 N–H and O–H groups in total. The molecule has 3 rings (SSSR count). The second-order valence-electron chi connectivity index (χ2n) is 4.99. The summed E-state index contributed by atoms with van der Waals surface area (Å²) in [5.41, 5.74) is 0.398. The Morgan fingerprint density at radius 3 is 2.80 bits per heavy atom. The predicted octanol–water partition coefficient (Wildman–Crippen LogP) is 2.46. The molecule has 0 fully saturated rings. The number of hydrogen-bond donors (Lipinski definition) is 1. The molecule has 0 aliphatic heterocycles. The van der Waals surface area contributed by atoms with E-state index >= 15 is 0 Å². The summed E-state index contributed by atoms with van der Waals surface area (Å²) in [6.45, 7) is 0. The second-order valence-corrected chi connectivity index (χ2v) is 7.93. The van der Waals surface area contributed by atoms with Gasteiger partial charge in [-0.25, -0.2) is 8.42 Å². The van der Waals surface area contributed by atoms with Crippen LogP contribution in [0.4, 0.5) is 5.69 Å². The molecule has 25 heavy (non-hydrogen) atoms. The zero-order valence-corrected chi connectivity index (χ0v) is 14.6. The van der Waals surface area contributed by atoms with Crippen LogP contribution in [0.25, 0.3) is 11.7 Å². The van der Waals surface area contributed by atoms with Gasteiger partial charge in [-0.3, -0.25) is 4.79 Å². The number of hydrogen-bond acceptors (Lipinski definition) is 8. The van der Waals surface area contributed by atoms with E-state index in [1.54, 1.807) is 24.3 Å². The fourth-order valence-electron chi connectivity index (χ4n) is 1.90. The van der Waals surface area contributed by atoms with Gasteiger partial charge in [0.1, 0.15) is 0 Å². The van der Waals surface area contributed by atoms with Crippen LogP contribution in [-0.2, 0) is 14.6 Å². The number of benzene rings is 1. The fraction of sp³-hybridized carbons (Fsp3) is 0.133. The molecule has 130 valence electrons. The van der Waals surface area contributed by atoms with Crippen molar-refractivity contribution in [3.05, 3.63) is 42.7 Å². The maximum atomic E-state index is 12.0. The van der Waals surface area contributed by atoms with Gasteiger partial charge in [-0.1, -0.05) is 17.8 Å². The van der Waals surface area contributed by atoms with Crippen LogP contribution in [-0.4, -0.2) is 36.5 Å². The van der Waals surface area contributed by atoms with Gasteiger partial charge in [0.05, 0.1) is 16.9 Å². The fourth-order valence-corrected chi connectivity index (χ4v) is 3.13. The Kier molecular flexibility index (Phi) is 4.91. The van der Waals surface area contributed by atoms with Crippen molar-refractivity contribution in [2.45, 2.75) is 10.1 Å². The summed E-state index contributed by atoms with van der Waals surface area (Å²) in [5.74, 6) is 0.381. The zero-order chi connectivity index (χ0) is 17.9. The molecular weight excluding hydrogens is 366 g/mol. The molecule has 1 amide bonds. The molecule has 10 heteroatoms. The molecule has 0 atom stereocenters. The Labute approximate surface area is 147 Å². The van der Waals surface area contributed by atoms with Gasteiger partial charge >= 0.3 is 0 Å². The number of sulfone groups is 1. The molecule has 2 heterocycles. The summed E-state index contributed by atoms with van der Waals surface area (Å²) in [7, 11) is -3.33. The molecule has 0 spiro atoms. The van der Waals surface area contributed by atoms with Crippen LogP contribution < -0.4 is 5.32 Å². The first-order valence-electron chi connectivity index (χ1n) is 7.02. The molecule has 3 aromatic rings. The van der Waals surface area contributed by atoms with Gasteiger partial charge < -0.3 is 14.2 Å². The van der Waals surface area contributed by atoms with E-state index in [-0.39, 0.29) is 27.7 Å². The van der Waals surface area contributed by atoms with Crippen molar-refractivity contribution in [1.82, 2.24) is 10.2 Å². The Hall–Kier alpha value is -2.59. The lowest BCUT2D eigenvalue weighted by molar-refractivity contribution is -0.113. The largest absolute Gasteiger partial charge is 0.459 e. The standard InChI is InChI=1S/C15H13N3O5S2/c1-25(20,21)11-5-2-4-10(8-11)16-13(19)9-24-15-18-17-14(23-15)12-6-3-7-22-12/h2-8H,9H2,1H3,(H,16,19). The van der Waals surface area contributed by atoms with Crippen LogP contribution in [0.3, 0.4) is 0 Å². The summed E-state index contributed by atoms with van der Waals surface area (Å²) in [6, 6.07) is 9.42. The number of amides is 1. The number of carbonyl (C=O) groups is 1. The van der Waals surface area contributed by atoms with Crippen molar-refractivity contribution >= 4 is 33.2 Å². The Morgan fingerprint density at radius 1 is 1.24 bits per heavy atom. The third-order valence-corrected chi connectivity index (χ3v) is 4.94. The number of carbonyl (C=O) groups excluding carboxylic acids is 1. The van der Waals surface area contributed by atoms with Gasteiger partial charge in [0.25, 0.3) is 11.1 Å². The monoisotopic (exact) mass is 379 g/mol. The molecule has 0 bridgehead atoms. The smallest absolute Gasteiger partial charge is 0.284 e. The Balaban J connectivity index is 1.58. The summed E-state index contributed by atoms with van der Waals surface area (Å²) in [6.07, 6.45) is 2.60. The molecule has 0 saturated carbocycles. The maximum absolute atomic E-state index is 12.0. The van der Waals surface area contributed by atoms with E-state index in [0.717, 1.165) is 18.0 Å². The van der Waals surface area contributed by atoms with E-state index in [2.05, 4.69) is 15.5 Å². The van der Waals surface area contributed by atoms with E-state index in [9.17, 15) is 13.2 Å². The minimum absolute atomic E-state index is 0.0306. The normalized spacial score (nSPS) is 11.4. The van der Waals surface area contributed by atoms with Gasteiger partial charge in [-0.15, -0.1) is 10.2 Å². The molecular formula is C15H13N3O5S2. The first-order valence-corrected chi connectivity index (χ1v) is 9.90. The van der Waals surface area contributed by atoms with Crippen LogP contribution in [0.1, 0.15) is 0 Å². The van der Waals surface area contributed by atoms with Crippen LogP contribution in [0.5, 0.6) is 0 Å². The number of rotatable bonds is 6. The minimum Gasteiger partial charge on any atom is -0.459 e. The highest BCUT2D eigenvalue weighted by Gasteiger charge is 2.13. The molecule has 0 unspecified atom stereocenters. The van der Waals surface area contributed by atoms with Gasteiger partial charge in [-0.2, -0.15) is 0 Å². The number of nitrogens with one attached hydrogen (secondary N) is 1. The highest BCUT2D eigenvalue weighted by atomic mass is 32.2. The van der Waals surface area contributed by atoms with Crippen molar-refractivity contribution in [3.8, 4) is 11.7 Å². The van der Waals surface area contributed by atoms with E-state index in [1.807, 2.05) is 0 Å². The Bertz CT molecular complexity index is 980. The summed E-state index contributed by atoms with van der Waals surface area (Å²) >= 11 is 1.06. The predicted molar refractivity (Wildman–Crippen MR) is 90.9 cm³/mol. The average Bonchev–Trinajstić information content (AvgIpc) is 3.24. The van der Waals surface area contributed by atoms with Gasteiger partial charge in [-0.05, 0) is 30.3 Å². The zero-order valence-electron chi connectivity index (χ0n) is 13.0. The van der Waals surface area contributed by atoms with Crippen LogP contribution in [0.2, 0.25) is 0 Å². The van der Waals surface area contributed by atoms with Crippen LogP contribution in [0, 0.1) is 0 Å². The molecule has 8 nitrogen and oxygen atoms in total. The van der Waals surface area contributed by atoms with Gasteiger partial charge in [0.15, 0.2) is 15.6 Å². The summed E-state index contributed by atoms with van der Waals surface area (Å²) < 4.78 is 33.6. The van der Waals surface area contributed by atoms with Crippen molar-refractivity contribution in [3.63, 3.8) is 0 Å². The summed E-state index contributed by atoms with van der Waals surface area (Å²) in [5, 5.41) is 10.5. The number of furan rings is 1. The number of thioether (sulfide) groups is 1. The Morgan fingerprint density at radius 2 is 2.08 bits per heavy atom. The van der Waals surface area contributed by atoms with Gasteiger partial charge in [0, 0.05) is 11.9 Å². The second kappa shape index (κ2) is 7.11. The maximum Gasteiger partial charge on any atom is 0.284 e. The van der Waals surface area contributed by atoms with E-state index < -0.39 is 9.84 Å². The van der Waals surface area contributed by atoms with Crippen LogP contribution >= 0.6 is 11.8 Å². The topological polar surface area (TPSA) is 115 Å². The highest BCUT2D eigenvalue weighted by molar-refractivity contribution is 7.99. The third kappa shape index (κ3) is 4.48. The molecule has 1 aromatic carbocycles.